The molecule has 8 heteroatoms. The lowest BCUT2D eigenvalue weighted by Gasteiger charge is -2.30. The quantitative estimate of drug-likeness (QED) is 0.822. The van der Waals surface area contributed by atoms with Crippen molar-refractivity contribution in [3.63, 3.8) is 0 Å². The van der Waals surface area contributed by atoms with Crippen LogP contribution in [0.4, 0.5) is 5.69 Å². The lowest BCUT2D eigenvalue weighted by atomic mass is 9.97. The molecule has 1 amide bonds. The van der Waals surface area contributed by atoms with Gasteiger partial charge in [0.25, 0.3) is 0 Å². The molecule has 2 aromatic carbocycles. The summed E-state index contributed by atoms with van der Waals surface area (Å²) < 4.78 is 32.1. The van der Waals surface area contributed by atoms with Crippen molar-refractivity contribution in [2.45, 2.75) is 17.7 Å². The van der Waals surface area contributed by atoms with E-state index >= 15 is 0 Å². The highest BCUT2D eigenvalue weighted by atomic mass is 35.5. The van der Waals surface area contributed by atoms with Gasteiger partial charge in [-0.05, 0) is 43.2 Å². The predicted octanol–water partition coefficient (Wildman–Crippen LogP) is 3.39. The summed E-state index contributed by atoms with van der Waals surface area (Å²) in [6.07, 6.45) is 0.948. The zero-order valence-corrected chi connectivity index (χ0v) is 16.5. The summed E-state index contributed by atoms with van der Waals surface area (Å²) in [5.41, 5.74) is 0.741. The molecule has 1 aliphatic rings. The van der Waals surface area contributed by atoms with Gasteiger partial charge >= 0.3 is 0 Å². The summed E-state index contributed by atoms with van der Waals surface area (Å²) in [7, 11) is -2.18. The molecule has 6 nitrogen and oxygen atoms in total. The zero-order valence-electron chi connectivity index (χ0n) is 14.9. The first kappa shape index (κ1) is 19.7. The summed E-state index contributed by atoms with van der Waals surface area (Å²) in [5.74, 6) is 0.133. The molecule has 0 aliphatic carbocycles. The Bertz CT molecular complexity index is 911. The average Bonchev–Trinajstić information content (AvgIpc) is 2.68. The minimum atomic E-state index is -3.66. The first-order valence-electron chi connectivity index (χ1n) is 8.61. The number of nitrogens with zero attached hydrogens (tertiary/aromatic N) is 1. The molecule has 1 fully saturated rings. The monoisotopic (exact) mass is 408 g/mol. The Morgan fingerprint density at radius 2 is 1.81 bits per heavy atom. The summed E-state index contributed by atoms with van der Waals surface area (Å²) in [6.45, 7) is 0.581. The molecule has 0 bridgehead atoms. The molecule has 27 heavy (non-hydrogen) atoms. The summed E-state index contributed by atoms with van der Waals surface area (Å²) in [5, 5.41) is 3.12. The Hall–Kier alpha value is -2.09. The average molecular weight is 409 g/mol. The number of hydrogen-bond acceptors (Lipinski definition) is 4. The number of anilines is 1. The van der Waals surface area contributed by atoms with E-state index in [2.05, 4.69) is 5.32 Å². The topological polar surface area (TPSA) is 75.7 Å². The normalized spacial score (nSPS) is 16.1. The van der Waals surface area contributed by atoms with Crippen LogP contribution in [0.5, 0.6) is 5.75 Å². The van der Waals surface area contributed by atoms with Gasteiger partial charge in [-0.25, -0.2) is 8.42 Å². The van der Waals surface area contributed by atoms with Gasteiger partial charge in [0.15, 0.2) is 0 Å². The molecule has 0 spiro atoms. The number of amides is 1. The maximum atomic E-state index is 12.8. The molecular formula is C19H21ClN2O4S. The van der Waals surface area contributed by atoms with E-state index in [0.717, 1.165) is 5.69 Å². The van der Waals surface area contributed by atoms with Crippen molar-refractivity contribution in [1.29, 1.82) is 0 Å². The number of halogens is 1. The number of para-hydroxylation sites is 1. The fraction of sp³-hybridized carbons (Fsp3) is 0.316. The number of methoxy groups -OCH3 is 1. The Morgan fingerprint density at radius 3 is 2.41 bits per heavy atom. The van der Waals surface area contributed by atoms with Crippen molar-refractivity contribution in [3.05, 3.63) is 53.6 Å². The van der Waals surface area contributed by atoms with Gasteiger partial charge in [-0.3, -0.25) is 4.79 Å². The van der Waals surface area contributed by atoms with Crippen LogP contribution in [-0.2, 0) is 14.8 Å². The molecule has 3 rings (SSSR count). The summed E-state index contributed by atoms with van der Waals surface area (Å²) >= 11 is 6.06. The smallest absolute Gasteiger partial charge is 0.243 e. The number of nitrogens with one attached hydrogen (secondary N) is 1. The summed E-state index contributed by atoms with van der Waals surface area (Å²) in [4.78, 5) is 12.5. The van der Waals surface area contributed by atoms with Crippen LogP contribution in [-0.4, -0.2) is 38.8 Å². The third-order valence-electron chi connectivity index (χ3n) is 4.63. The maximum absolute atomic E-state index is 12.8. The number of benzene rings is 2. The molecule has 2 aromatic rings. The number of hydrogen-bond donors (Lipinski definition) is 1. The van der Waals surface area contributed by atoms with Gasteiger partial charge in [-0.2, -0.15) is 4.31 Å². The largest absolute Gasteiger partial charge is 0.495 e. The van der Waals surface area contributed by atoms with Gasteiger partial charge in [0, 0.05) is 24.7 Å². The van der Waals surface area contributed by atoms with Crippen LogP contribution in [0, 0.1) is 5.92 Å². The van der Waals surface area contributed by atoms with Crippen LogP contribution in [0.25, 0.3) is 0 Å². The molecule has 1 N–H and O–H groups in total. The third kappa shape index (κ3) is 4.43. The maximum Gasteiger partial charge on any atom is 0.243 e. The molecule has 0 aromatic heterocycles. The lowest BCUT2D eigenvalue weighted by Crippen LogP contribution is -2.41. The van der Waals surface area contributed by atoms with E-state index < -0.39 is 10.0 Å². The van der Waals surface area contributed by atoms with Crippen molar-refractivity contribution in [3.8, 4) is 5.75 Å². The minimum Gasteiger partial charge on any atom is -0.495 e. The van der Waals surface area contributed by atoms with Crippen LogP contribution in [0.2, 0.25) is 5.02 Å². The van der Waals surface area contributed by atoms with Gasteiger partial charge in [0.05, 0.1) is 17.0 Å². The SMILES string of the molecule is COc1ccc(S(=O)(=O)N2CCC(C(=O)Nc3ccccc3)CC2)cc1Cl. The lowest BCUT2D eigenvalue weighted by molar-refractivity contribution is -0.120. The molecule has 0 saturated carbocycles. The van der Waals surface area contributed by atoms with Gasteiger partial charge in [0.2, 0.25) is 15.9 Å². The van der Waals surface area contributed by atoms with E-state index in [0.29, 0.717) is 31.7 Å². The molecule has 1 aliphatic heterocycles. The van der Waals surface area contributed by atoms with E-state index in [1.165, 1.54) is 29.6 Å². The molecule has 144 valence electrons. The first-order chi connectivity index (χ1) is 12.9. The van der Waals surface area contributed by atoms with Gasteiger partial charge < -0.3 is 10.1 Å². The second-order valence-corrected chi connectivity index (χ2v) is 8.68. The van der Waals surface area contributed by atoms with E-state index in [1.807, 2.05) is 30.3 Å². The Morgan fingerprint density at radius 1 is 1.15 bits per heavy atom. The van der Waals surface area contributed by atoms with E-state index in [1.54, 1.807) is 0 Å². The second kappa shape index (κ2) is 8.29. The third-order valence-corrected chi connectivity index (χ3v) is 6.82. The van der Waals surface area contributed by atoms with Crippen molar-refractivity contribution >= 4 is 33.2 Å². The standard InChI is InChI=1S/C19H21ClN2O4S/c1-26-18-8-7-16(13-17(18)20)27(24,25)22-11-9-14(10-12-22)19(23)21-15-5-3-2-4-6-15/h2-8,13-14H,9-12H2,1H3,(H,21,23). The van der Waals surface area contributed by atoms with Gasteiger partial charge in [-0.1, -0.05) is 29.8 Å². The number of sulfonamides is 1. The highest BCUT2D eigenvalue weighted by Crippen LogP contribution is 2.30. The summed E-state index contributed by atoms with van der Waals surface area (Å²) in [6, 6.07) is 13.6. The number of carbonyl (C=O) groups excluding carboxylic acids is 1. The van der Waals surface area contributed by atoms with Crippen molar-refractivity contribution in [1.82, 2.24) is 4.31 Å². The van der Waals surface area contributed by atoms with Crippen LogP contribution >= 0.6 is 11.6 Å². The van der Waals surface area contributed by atoms with Crippen molar-refractivity contribution in [2.24, 2.45) is 5.92 Å². The Labute approximate surface area is 164 Å². The van der Waals surface area contributed by atoms with Crippen LogP contribution in [0.15, 0.2) is 53.4 Å². The van der Waals surface area contributed by atoms with Crippen LogP contribution in [0.3, 0.4) is 0 Å². The predicted molar refractivity (Wildman–Crippen MR) is 105 cm³/mol. The number of piperidine rings is 1. The fourth-order valence-electron chi connectivity index (χ4n) is 3.08. The number of carbonyl (C=O) groups is 1. The molecule has 1 heterocycles. The molecule has 1 saturated heterocycles. The van der Waals surface area contributed by atoms with Gasteiger partial charge in [0.1, 0.15) is 5.75 Å². The zero-order chi connectivity index (χ0) is 19.4. The van der Waals surface area contributed by atoms with E-state index in [4.69, 9.17) is 16.3 Å². The molecule has 0 atom stereocenters. The molecular weight excluding hydrogens is 388 g/mol. The number of ether oxygens (including phenoxy) is 1. The van der Waals surface area contributed by atoms with Gasteiger partial charge in [-0.15, -0.1) is 0 Å². The highest BCUT2D eigenvalue weighted by molar-refractivity contribution is 7.89. The van der Waals surface area contributed by atoms with E-state index in [-0.39, 0.29) is 21.7 Å². The van der Waals surface area contributed by atoms with Crippen molar-refractivity contribution in [2.75, 3.05) is 25.5 Å². The highest BCUT2D eigenvalue weighted by Gasteiger charge is 2.32. The fourth-order valence-corrected chi connectivity index (χ4v) is 4.90. The number of rotatable bonds is 5. The molecule has 0 radical (unpaired) electrons. The Kier molecular flexibility index (Phi) is 6.04. The first-order valence-corrected chi connectivity index (χ1v) is 10.4. The van der Waals surface area contributed by atoms with E-state index in [9.17, 15) is 13.2 Å². The molecule has 0 unspecified atom stereocenters. The Balaban J connectivity index is 1.64. The van der Waals surface area contributed by atoms with Crippen molar-refractivity contribution < 1.29 is 17.9 Å². The minimum absolute atomic E-state index is 0.0780. The van der Waals surface area contributed by atoms with Crippen LogP contribution in [0.1, 0.15) is 12.8 Å². The van der Waals surface area contributed by atoms with Crippen LogP contribution < -0.4 is 10.1 Å². The second-order valence-electron chi connectivity index (χ2n) is 6.33.